The molecule has 1 saturated heterocycles. The van der Waals surface area contributed by atoms with Gasteiger partial charge in [-0.1, -0.05) is 0 Å². The fourth-order valence-electron chi connectivity index (χ4n) is 4.31. The lowest BCUT2D eigenvalue weighted by Crippen LogP contribution is -2.37. The van der Waals surface area contributed by atoms with Crippen LogP contribution in [0, 0.1) is 0 Å². The van der Waals surface area contributed by atoms with E-state index >= 15 is 0 Å². The van der Waals surface area contributed by atoms with Gasteiger partial charge in [-0.2, -0.15) is 18.3 Å². The number of piperidine rings is 1. The monoisotopic (exact) mass is 506 g/mol. The lowest BCUT2D eigenvalue weighted by molar-refractivity contribution is -0.138. The molecule has 3 N–H and O–H groups in total. The smallest absolute Gasteiger partial charge is 0.418 e. The highest BCUT2D eigenvalue weighted by Gasteiger charge is 2.36. The van der Waals surface area contributed by atoms with E-state index in [9.17, 15) is 18.0 Å². The lowest BCUT2D eigenvalue weighted by Gasteiger charge is -2.31. The van der Waals surface area contributed by atoms with Gasteiger partial charge in [0.05, 0.1) is 43.1 Å². The summed E-state index contributed by atoms with van der Waals surface area (Å²) >= 11 is 0. The van der Waals surface area contributed by atoms with Crippen LogP contribution < -0.4 is 15.8 Å². The number of carbonyl (C=O) groups is 1. The van der Waals surface area contributed by atoms with Gasteiger partial charge in [0, 0.05) is 50.0 Å². The molecule has 36 heavy (non-hydrogen) atoms. The minimum absolute atomic E-state index is 0.213. The summed E-state index contributed by atoms with van der Waals surface area (Å²) in [6.07, 6.45) is 0.171. The SMILES string of the molecule is COc1cc2nn(C3CCN(CCOCCN)CC3)cc2cc1NC(=O)c1ncccc1C(F)(F)F. The fraction of sp³-hybridized carbons (Fsp3) is 0.458. The molecule has 3 aromatic rings. The van der Waals surface area contributed by atoms with Crippen LogP contribution in [0.4, 0.5) is 18.9 Å². The number of fused-ring (bicyclic) bond motifs is 1. The first-order chi connectivity index (χ1) is 17.3. The van der Waals surface area contributed by atoms with Gasteiger partial charge in [-0.15, -0.1) is 0 Å². The summed E-state index contributed by atoms with van der Waals surface area (Å²) in [7, 11) is 1.42. The maximum absolute atomic E-state index is 13.3. The van der Waals surface area contributed by atoms with Gasteiger partial charge in [0.2, 0.25) is 0 Å². The molecule has 3 heterocycles. The van der Waals surface area contributed by atoms with Crippen LogP contribution >= 0.6 is 0 Å². The second-order valence-corrected chi connectivity index (χ2v) is 8.55. The number of likely N-dealkylation sites (tertiary alicyclic amines) is 1. The Labute approximate surface area is 206 Å². The number of aromatic nitrogens is 3. The van der Waals surface area contributed by atoms with Crippen LogP contribution in [-0.2, 0) is 10.9 Å². The van der Waals surface area contributed by atoms with Gasteiger partial charge < -0.3 is 25.4 Å². The Balaban J connectivity index is 1.48. The number of nitrogens with two attached hydrogens (primary N) is 1. The quantitative estimate of drug-likeness (QED) is 0.429. The molecule has 0 bridgehead atoms. The van der Waals surface area contributed by atoms with Crippen LogP contribution in [0.2, 0.25) is 0 Å². The predicted molar refractivity (Wildman–Crippen MR) is 128 cm³/mol. The summed E-state index contributed by atoms with van der Waals surface area (Å²) in [6, 6.07) is 5.49. The van der Waals surface area contributed by atoms with Crippen molar-refractivity contribution < 1.29 is 27.4 Å². The van der Waals surface area contributed by atoms with E-state index in [0.717, 1.165) is 56.2 Å². The number of hydrogen-bond acceptors (Lipinski definition) is 7. The average molecular weight is 507 g/mol. The number of amides is 1. The Morgan fingerprint density at radius 1 is 1.25 bits per heavy atom. The Morgan fingerprint density at radius 3 is 2.72 bits per heavy atom. The summed E-state index contributed by atoms with van der Waals surface area (Å²) in [4.78, 5) is 18.7. The number of nitrogens with zero attached hydrogens (tertiary/aromatic N) is 4. The Kier molecular flexibility index (Phi) is 8.07. The summed E-state index contributed by atoms with van der Waals surface area (Å²) in [5, 5.41) is 7.94. The van der Waals surface area contributed by atoms with Gasteiger partial charge in [0.1, 0.15) is 11.4 Å². The van der Waals surface area contributed by atoms with E-state index in [0.29, 0.717) is 25.3 Å². The average Bonchev–Trinajstić information content (AvgIpc) is 3.29. The van der Waals surface area contributed by atoms with Gasteiger partial charge in [-0.25, -0.2) is 0 Å². The van der Waals surface area contributed by atoms with Crippen LogP contribution in [0.25, 0.3) is 10.9 Å². The summed E-state index contributed by atoms with van der Waals surface area (Å²) in [5.41, 5.74) is 4.53. The van der Waals surface area contributed by atoms with Crippen molar-refractivity contribution in [2.45, 2.75) is 25.1 Å². The Hall–Kier alpha value is -3.22. The first-order valence-electron chi connectivity index (χ1n) is 11.7. The van der Waals surface area contributed by atoms with Crippen molar-refractivity contribution in [3.63, 3.8) is 0 Å². The number of nitrogens with one attached hydrogen (secondary N) is 1. The molecule has 194 valence electrons. The Bertz CT molecular complexity index is 1190. The van der Waals surface area contributed by atoms with E-state index in [4.69, 9.17) is 15.2 Å². The van der Waals surface area contributed by atoms with Gasteiger partial charge in [-0.05, 0) is 31.0 Å². The normalized spacial score (nSPS) is 15.4. The van der Waals surface area contributed by atoms with E-state index in [2.05, 4.69) is 20.3 Å². The first-order valence-corrected chi connectivity index (χ1v) is 11.7. The number of ether oxygens (including phenoxy) is 2. The maximum Gasteiger partial charge on any atom is 0.418 e. The molecule has 1 aliphatic heterocycles. The first kappa shape index (κ1) is 25.9. The number of alkyl halides is 3. The van der Waals surface area contributed by atoms with Crippen LogP contribution in [0.1, 0.15) is 34.9 Å². The minimum atomic E-state index is -4.71. The van der Waals surface area contributed by atoms with Gasteiger partial charge in [0.25, 0.3) is 5.91 Å². The van der Waals surface area contributed by atoms with Gasteiger partial charge >= 0.3 is 6.18 Å². The number of rotatable bonds is 9. The highest BCUT2D eigenvalue weighted by molar-refractivity contribution is 6.06. The molecule has 1 aromatic carbocycles. The van der Waals surface area contributed by atoms with Gasteiger partial charge in [-0.3, -0.25) is 14.5 Å². The van der Waals surface area contributed by atoms with E-state index < -0.39 is 23.3 Å². The van der Waals surface area contributed by atoms with E-state index in [1.807, 2.05) is 10.9 Å². The fourth-order valence-corrected chi connectivity index (χ4v) is 4.31. The maximum atomic E-state index is 13.3. The molecule has 12 heteroatoms. The molecule has 0 aliphatic carbocycles. The van der Waals surface area contributed by atoms with E-state index in [1.165, 1.54) is 7.11 Å². The summed E-state index contributed by atoms with van der Waals surface area (Å²) in [5.74, 6) is -0.686. The second-order valence-electron chi connectivity index (χ2n) is 8.55. The number of halogens is 3. The van der Waals surface area contributed by atoms with Crippen molar-refractivity contribution in [1.29, 1.82) is 0 Å². The molecule has 9 nitrogen and oxygen atoms in total. The number of carbonyl (C=O) groups excluding carboxylic acids is 1. The molecule has 1 amide bonds. The molecule has 0 radical (unpaired) electrons. The molecule has 0 spiro atoms. The second kappa shape index (κ2) is 11.2. The summed E-state index contributed by atoms with van der Waals surface area (Å²) in [6.45, 7) is 4.44. The predicted octanol–water partition coefficient (Wildman–Crippen LogP) is 3.32. The number of benzene rings is 1. The molecule has 0 unspecified atom stereocenters. The molecular weight excluding hydrogens is 477 g/mol. The zero-order valence-corrected chi connectivity index (χ0v) is 19.9. The van der Waals surface area contributed by atoms with Crippen molar-refractivity contribution in [2.75, 3.05) is 51.8 Å². The summed E-state index contributed by atoms with van der Waals surface area (Å²) < 4.78 is 52.7. The van der Waals surface area contributed by atoms with Crippen LogP contribution in [0.3, 0.4) is 0 Å². The molecule has 2 aromatic heterocycles. The molecule has 1 fully saturated rings. The van der Waals surface area contributed by atoms with E-state index in [-0.39, 0.29) is 17.5 Å². The van der Waals surface area contributed by atoms with Gasteiger partial charge in [0.15, 0.2) is 0 Å². The molecule has 1 aliphatic rings. The van der Waals surface area contributed by atoms with Crippen LogP contribution in [0.5, 0.6) is 5.75 Å². The van der Waals surface area contributed by atoms with E-state index in [1.54, 1.807) is 12.1 Å². The number of anilines is 1. The van der Waals surface area contributed by atoms with Crippen molar-refractivity contribution in [3.8, 4) is 5.75 Å². The topological polar surface area (TPSA) is 108 Å². The molecular formula is C24H29F3N6O3. The molecule has 0 atom stereocenters. The third kappa shape index (κ3) is 5.94. The number of hydrogen-bond donors (Lipinski definition) is 2. The minimum Gasteiger partial charge on any atom is -0.494 e. The standard InChI is InChI=1S/C24H29F3N6O3/c1-35-21-14-19-16(13-20(21)30-23(34)22-18(24(25,26)27)3-2-7-29-22)15-33(31-19)17-4-8-32(9-5-17)10-12-36-11-6-28/h2-3,7,13-15,17H,4-6,8-12,28H2,1H3,(H,30,34). The Morgan fingerprint density at radius 2 is 2.03 bits per heavy atom. The van der Waals surface area contributed by atoms with Crippen molar-refractivity contribution >= 4 is 22.5 Å². The molecule has 0 saturated carbocycles. The number of methoxy groups -OCH3 is 1. The zero-order chi connectivity index (χ0) is 25.7. The third-order valence-corrected chi connectivity index (χ3v) is 6.17. The molecule has 4 rings (SSSR count). The number of pyridine rings is 1. The van der Waals surface area contributed by atoms with Crippen LogP contribution in [0.15, 0.2) is 36.7 Å². The van der Waals surface area contributed by atoms with Crippen molar-refractivity contribution in [2.24, 2.45) is 5.73 Å². The lowest BCUT2D eigenvalue weighted by atomic mass is 10.1. The zero-order valence-electron chi connectivity index (χ0n) is 19.9. The highest BCUT2D eigenvalue weighted by Crippen LogP contribution is 2.34. The van der Waals surface area contributed by atoms with Crippen molar-refractivity contribution in [3.05, 3.63) is 47.9 Å². The highest BCUT2D eigenvalue weighted by atomic mass is 19.4. The van der Waals surface area contributed by atoms with Crippen molar-refractivity contribution in [1.82, 2.24) is 19.7 Å². The van der Waals surface area contributed by atoms with Crippen LogP contribution in [-0.4, -0.2) is 72.1 Å². The largest absolute Gasteiger partial charge is 0.494 e. The third-order valence-electron chi connectivity index (χ3n) is 6.17.